The molecule has 0 rings (SSSR count). The molecule has 1 atom stereocenters. The van der Waals surface area contributed by atoms with Crippen molar-refractivity contribution >= 4 is 17.8 Å². The first-order chi connectivity index (χ1) is 10.4. The summed E-state index contributed by atoms with van der Waals surface area (Å²) in [4.78, 5) is 34.1. The predicted octanol–water partition coefficient (Wildman–Crippen LogP) is 2.90. The van der Waals surface area contributed by atoms with E-state index in [9.17, 15) is 14.4 Å². The van der Waals surface area contributed by atoms with E-state index in [0.717, 1.165) is 51.4 Å². The van der Waals surface area contributed by atoms with Crippen molar-refractivity contribution in [2.45, 2.75) is 77.7 Å². The molecule has 0 aliphatic rings. The highest BCUT2D eigenvalue weighted by Gasteiger charge is 2.21. The monoisotopic (exact) mass is 315 g/mol. The van der Waals surface area contributed by atoms with Crippen molar-refractivity contribution in [1.82, 2.24) is 4.90 Å². The smallest absolute Gasteiger partial charge is 0.326 e. The van der Waals surface area contributed by atoms with E-state index in [4.69, 9.17) is 10.2 Å². The van der Waals surface area contributed by atoms with Crippen LogP contribution in [0.15, 0.2) is 0 Å². The summed E-state index contributed by atoms with van der Waals surface area (Å²) in [5.74, 6) is -1.91. The Labute approximate surface area is 132 Å². The van der Waals surface area contributed by atoms with Crippen molar-refractivity contribution in [2.75, 3.05) is 6.54 Å². The Morgan fingerprint density at radius 3 is 1.73 bits per heavy atom. The number of carboxylic acids is 2. The average molecular weight is 315 g/mol. The molecular formula is C16H29NO5. The lowest BCUT2D eigenvalue weighted by Crippen LogP contribution is -2.42. The molecule has 6 heteroatoms. The second-order valence-corrected chi connectivity index (χ2v) is 5.70. The number of nitrogens with zero attached hydrogens (tertiary/aromatic N) is 1. The molecule has 6 nitrogen and oxygen atoms in total. The number of amides is 1. The van der Waals surface area contributed by atoms with Gasteiger partial charge in [0.25, 0.3) is 0 Å². The highest BCUT2D eigenvalue weighted by atomic mass is 16.4. The molecule has 0 radical (unpaired) electrons. The van der Waals surface area contributed by atoms with Crippen LogP contribution in [0.4, 0.5) is 0 Å². The minimum Gasteiger partial charge on any atom is -0.481 e. The fourth-order valence-corrected chi connectivity index (χ4v) is 2.38. The molecule has 0 saturated heterocycles. The Hall–Kier alpha value is -1.59. The summed E-state index contributed by atoms with van der Waals surface area (Å²) in [6.07, 6.45) is 8.07. The maximum Gasteiger partial charge on any atom is 0.326 e. The van der Waals surface area contributed by atoms with Gasteiger partial charge in [-0.2, -0.15) is 0 Å². The summed E-state index contributed by atoms with van der Waals surface area (Å²) in [7, 11) is 0. The number of unbranched alkanes of at least 4 members (excludes halogenated alkanes) is 7. The van der Waals surface area contributed by atoms with E-state index in [0.29, 0.717) is 6.54 Å². The van der Waals surface area contributed by atoms with Crippen LogP contribution in [0, 0.1) is 0 Å². The molecule has 1 amide bonds. The summed E-state index contributed by atoms with van der Waals surface area (Å²) >= 11 is 0. The molecular weight excluding hydrogens is 286 g/mol. The fourth-order valence-electron chi connectivity index (χ4n) is 2.38. The normalized spacial score (nSPS) is 11.9. The van der Waals surface area contributed by atoms with Gasteiger partial charge in [0.1, 0.15) is 6.04 Å². The van der Waals surface area contributed by atoms with E-state index in [1.165, 1.54) is 18.7 Å². The van der Waals surface area contributed by atoms with Crippen LogP contribution < -0.4 is 0 Å². The highest BCUT2D eigenvalue weighted by Crippen LogP contribution is 2.11. The third kappa shape index (κ3) is 10.2. The van der Waals surface area contributed by atoms with Crippen LogP contribution in [0.2, 0.25) is 0 Å². The van der Waals surface area contributed by atoms with Crippen LogP contribution in [0.1, 0.15) is 71.6 Å². The molecule has 0 bridgehead atoms. The molecule has 22 heavy (non-hydrogen) atoms. The second kappa shape index (κ2) is 12.0. The summed E-state index contributed by atoms with van der Waals surface area (Å²) in [5.41, 5.74) is 0. The van der Waals surface area contributed by atoms with E-state index in [2.05, 4.69) is 0 Å². The first-order valence-corrected chi connectivity index (χ1v) is 8.08. The first kappa shape index (κ1) is 20.4. The van der Waals surface area contributed by atoms with E-state index in [1.54, 1.807) is 0 Å². The molecule has 0 aromatic rings. The zero-order valence-corrected chi connectivity index (χ0v) is 13.7. The van der Waals surface area contributed by atoms with Crippen LogP contribution >= 0.6 is 0 Å². The molecule has 0 aromatic heterocycles. The summed E-state index contributed by atoms with van der Waals surface area (Å²) in [5, 5.41) is 17.5. The van der Waals surface area contributed by atoms with Gasteiger partial charge >= 0.3 is 11.9 Å². The Morgan fingerprint density at radius 2 is 1.32 bits per heavy atom. The van der Waals surface area contributed by atoms with Crippen molar-refractivity contribution in [2.24, 2.45) is 0 Å². The van der Waals surface area contributed by atoms with Gasteiger partial charge in [-0.1, -0.05) is 38.5 Å². The zero-order valence-electron chi connectivity index (χ0n) is 13.7. The number of carboxylic acid groups (broad SMARTS) is 2. The van der Waals surface area contributed by atoms with Gasteiger partial charge in [-0.3, -0.25) is 9.59 Å². The van der Waals surface area contributed by atoms with Crippen molar-refractivity contribution < 1.29 is 24.6 Å². The van der Waals surface area contributed by atoms with Gasteiger partial charge in [0, 0.05) is 19.9 Å². The van der Waals surface area contributed by atoms with E-state index >= 15 is 0 Å². The van der Waals surface area contributed by atoms with Gasteiger partial charge in [-0.15, -0.1) is 0 Å². The largest absolute Gasteiger partial charge is 0.481 e. The van der Waals surface area contributed by atoms with Crippen LogP contribution in [0.25, 0.3) is 0 Å². The quantitative estimate of drug-likeness (QED) is 0.510. The molecule has 0 saturated carbocycles. The Kier molecular flexibility index (Phi) is 11.1. The van der Waals surface area contributed by atoms with Crippen LogP contribution in [0.5, 0.6) is 0 Å². The summed E-state index contributed by atoms with van der Waals surface area (Å²) in [6, 6.07) is -0.772. The maximum atomic E-state index is 11.4. The van der Waals surface area contributed by atoms with Crippen molar-refractivity contribution in [3.8, 4) is 0 Å². The lowest BCUT2D eigenvalue weighted by atomic mass is 10.1. The lowest BCUT2D eigenvalue weighted by Gasteiger charge is -2.25. The van der Waals surface area contributed by atoms with Crippen molar-refractivity contribution in [3.63, 3.8) is 0 Å². The number of rotatable bonds is 13. The zero-order chi connectivity index (χ0) is 17.0. The number of hydrogen-bond acceptors (Lipinski definition) is 3. The minimum atomic E-state index is -0.975. The van der Waals surface area contributed by atoms with Crippen LogP contribution in [0.3, 0.4) is 0 Å². The first-order valence-electron chi connectivity index (χ1n) is 8.08. The molecule has 0 aliphatic heterocycles. The number of carbonyl (C=O) groups excluding carboxylic acids is 1. The summed E-state index contributed by atoms with van der Waals surface area (Å²) < 4.78 is 0. The third-order valence-corrected chi connectivity index (χ3v) is 3.77. The van der Waals surface area contributed by atoms with Gasteiger partial charge in [-0.05, 0) is 19.8 Å². The average Bonchev–Trinajstić information content (AvgIpc) is 2.43. The highest BCUT2D eigenvalue weighted by molar-refractivity contribution is 5.81. The van der Waals surface area contributed by atoms with Crippen LogP contribution in [-0.4, -0.2) is 45.5 Å². The number of carbonyl (C=O) groups is 3. The SMILES string of the molecule is CC(=O)N(CCCCCCCCCCC(=O)O)[C@@H](C)C(=O)O. The fraction of sp³-hybridized carbons (Fsp3) is 0.812. The Morgan fingerprint density at radius 1 is 0.864 bits per heavy atom. The minimum absolute atomic E-state index is 0.201. The molecule has 0 unspecified atom stereocenters. The van der Waals surface area contributed by atoms with E-state index in [1.807, 2.05) is 0 Å². The van der Waals surface area contributed by atoms with Gasteiger partial charge in [-0.25, -0.2) is 4.79 Å². The van der Waals surface area contributed by atoms with E-state index < -0.39 is 18.0 Å². The van der Waals surface area contributed by atoms with Gasteiger partial charge in [0.2, 0.25) is 5.91 Å². The molecule has 0 fully saturated rings. The number of hydrogen-bond donors (Lipinski definition) is 2. The Balaban J connectivity index is 3.60. The van der Waals surface area contributed by atoms with Crippen molar-refractivity contribution in [1.29, 1.82) is 0 Å². The maximum absolute atomic E-state index is 11.4. The molecule has 2 N–H and O–H groups in total. The van der Waals surface area contributed by atoms with Crippen LogP contribution in [-0.2, 0) is 14.4 Å². The molecule has 0 aliphatic carbocycles. The van der Waals surface area contributed by atoms with Gasteiger partial charge in [0.15, 0.2) is 0 Å². The lowest BCUT2D eigenvalue weighted by molar-refractivity contribution is -0.148. The Bertz CT molecular complexity index is 356. The topological polar surface area (TPSA) is 94.9 Å². The van der Waals surface area contributed by atoms with Gasteiger partial charge in [0.05, 0.1) is 0 Å². The standard InChI is InChI=1S/C16H29NO5/c1-13(16(21)22)17(14(2)18)12-10-8-6-4-3-5-7-9-11-15(19)20/h13H,3-12H2,1-2H3,(H,19,20)(H,21,22)/t13-/m0/s1. The van der Waals surface area contributed by atoms with E-state index in [-0.39, 0.29) is 12.3 Å². The second-order valence-electron chi connectivity index (χ2n) is 5.70. The predicted molar refractivity (Wildman–Crippen MR) is 83.7 cm³/mol. The van der Waals surface area contributed by atoms with Gasteiger partial charge < -0.3 is 15.1 Å². The molecule has 128 valence electrons. The molecule has 0 heterocycles. The molecule has 0 aromatic carbocycles. The third-order valence-electron chi connectivity index (χ3n) is 3.77. The van der Waals surface area contributed by atoms with Crippen molar-refractivity contribution in [3.05, 3.63) is 0 Å². The number of aliphatic carboxylic acids is 2. The molecule has 0 spiro atoms. The summed E-state index contributed by atoms with van der Waals surface area (Å²) in [6.45, 7) is 3.42.